The summed E-state index contributed by atoms with van der Waals surface area (Å²) in [4.78, 5) is -0.181. The van der Waals surface area contributed by atoms with Crippen molar-refractivity contribution >= 4 is 27.3 Å². The van der Waals surface area contributed by atoms with E-state index in [0.29, 0.717) is 0 Å². The van der Waals surface area contributed by atoms with Crippen LogP contribution < -0.4 is 10.5 Å². The van der Waals surface area contributed by atoms with Crippen LogP contribution in [0.25, 0.3) is 0 Å². The number of nitrogen functional groups attached to an aromatic ring is 1. The van der Waals surface area contributed by atoms with Crippen LogP contribution in [-0.4, -0.2) is 14.5 Å². The van der Waals surface area contributed by atoms with E-state index in [9.17, 15) is 12.8 Å². The molecule has 1 aliphatic rings. The zero-order valence-electron chi connectivity index (χ0n) is 8.20. The van der Waals surface area contributed by atoms with E-state index < -0.39 is 15.8 Å². The number of sulfonamides is 1. The molecular weight excluding hydrogens is 255 g/mol. The lowest BCUT2D eigenvalue weighted by molar-refractivity contribution is 0.580. The minimum atomic E-state index is -3.70. The minimum Gasteiger partial charge on any atom is -0.396 e. The molecule has 88 valence electrons. The summed E-state index contributed by atoms with van der Waals surface area (Å²) in [7, 11) is -3.70. The van der Waals surface area contributed by atoms with Gasteiger partial charge < -0.3 is 5.73 Å². The molecule has 0 heterocycles. The Morgan fingerprint density at radius 1 is 1.44 bits per heavy atom. The highest BCUT2D eigenvalue weighted by molar-refractivity contribution is 7.89. The molecule has 0 atom stereocenters. The van der Waals surface area contributed by atoms with Gasteiger partial charge in [0.2, 0.25) is 10.0 Å². The zero-order valence-corrected chi connectivity index (χ0v) is 9.78. The number of hydrogen-bond donors (Lipinski definition) is 2. The smallest absolute Gasteiger partial charge is 0.242 e. The zero-order chi connectivity index (χ0) is 11.9. The van der Waals surface area contributed by atoms with Gasteiger partial charge >= 0.3 is 0 Å². The first-order chi connectivity index (χ1) is 7.40. The molecule has 1 aromatic carbocycles. The Balaban J connectivity index is 2.42. The third-order valence-electron chi connectivity index (χ3n) is 2.24. The summed E-state index contributed by atoms with van der Waals surface area (Å²) in [6.45, 7) is 0. The molecule has 1 aliphatic carbocycles. The summed E-state index contributed by atoms with van der Waals surface area (Å²) < 4.78 is 39.0. The van der Waals surface area contributed by atoms with Crippen LogP contribution in [0, 0.1) is 5.82 Å². The average Bonchev–Trinajstić information content (AvgIpc) is 2.94. The monoisotopic (exact) mass is 264 g/mol. The van der Waals surface area contributed by atoms with Crippen LogP contribution in [0.4, 0.5) is 10.1 Å². The highest BCUT2D eigenvalue weighted by atomic mass is 35.5. The molecule has 0 amide bonds. The van der Waals surface area contributed by atoms with Crippen molar-refractivity contribution in [3.8, 4) is 0 Å². The van der Waals surface area contributed by atoms with E-state index in [-0.39, 0.29) is 21.6 Å². The summed E-state index contributed by atoms with van der Waals surface area (Å²) in [5.41, 5.74) is 5.07. The van der Waals surface area contributed by atoms with Gasteiger partial charge in [-0.2, -0.15) is 0 Å². The van der Waals surface area contributed by atoms with Crippen LogP contribution in [0.1, 0.15) is 12.8 Å². The van der Waals surface area contributed by atoms with Crippen molar-refractivity contribution in [3.05, 3.63) is 23.0 Å². The summed E-state index contributed by atoms with van der Waals surface area (Å²) in [5, 5.41) is -0.167. The van der Waals surface area contributed by atoms with E-state index in [1.165, 1.54) is 0 Å². The standard InChI is InChI=1S/C9H10ClFN2O2S/c10-6-3-7(11)8(12)4-9(6)16(14,15)13-5-1-2-5/h3-5,13H,1-2,12H2. The molecule has 0 saturated heterocycles. The van der Waals surface area contributed by atoms with Crippen molar-refractivity contribution in [3.63, 3.8) is 0 Å². The number of nitrogens with one attached hydrogen (secondary N) is 1. The summed E-state index contributed by atoms with van der Waals surface area (Å²) in [6.07, 6.45) is 1.63. The molecule has 0 spiro atoms. The molecule has 0 aromatic heterocycles. The summed E-state index contributed by atoms with van der Waals surface area (Å²) >= 11 is 5.68. The van der Waals surface area contributed by atoms with Crippen molar-refractivity contribution in [2.45, 2.75) is 23.8 Å². The van der Waals surface area contributed by atoms with E-state index >= 15 is 0 Å². The fourth-order valence-electron chi connectivity index (χ4n) is 1.23. The van der Waals surface area contributed by atoms with Crippen LogP contribution in [0.15, 0.2) is 17.0 Å². The molecule has 2 rings (SSSR count). The number of benzene rings is 1. The molecule has 1 saturated carbocycles. The maximum atomic E-state index is 13.0. The first kappa shape index (κ1) is 11.6. The molecule has 1 fully saturated rings. The van der Waals surface area contributed by atoms with Crippen molar-refractivity contribution in [2.75, 3.05) is 5.73 Å². The quantitative estimate of drug-likeness (QED) is 0.813. The van der Waals surface area contributed by atoms with Crippen molar-refractivity contribution in [1.82, 2.24) is 4.72 Å². The summed E-state index contributed by atoms with van der Waals surface area (Å²) in [5.74, 6) is -0.727. The van der Waals surface area contributed by atoms with Crippen LogP contribution >= 0.6 is 11.6 Å². The largest absolute Gasteiger partial charge is 0.396 e. The highest BCUT2D eigenvalue weighted by Crippen LogP contribution is 2.28. The third-order valence-corrected chi connectivity index (χ3v) is 4.23. The third kappa shape index (κ3) is 2.28. The Morgan fingerprint density at radius 3 is 2.62 bits per heavy atom. The molecule has 4 nitrogen and oxygen atoms in total. The number of anilines is 1. The number of rotatable bonds is 3. The number of halogens is 2. The Morgan fingerprint density at radius 2 is 2.06 bits per heavy atom. The predicted molar refractivity (Wildman–Crippen MR) is 59.2 cm³/mol. The Bertz CT molecular complexity index is 529. The maximum Gasteiger partial charge on any atom is 0.242 e. The lowest BCUT2D eigenvalue weighted by Gasteiger charge is -2.08. The van der Waals surface area contributed by atoms with Crippen molar-refractivity contribution in [2.24, 2.45) is 0 Å². The van der Waals surface area contributed by atoms with E-state index in [4.69, 9.17) is 17.3 Å². The second-order valence-corrected chi connectivity index (χ2v) is 5.79. The molecule has 7 heteroatoms. The molecule has 0 radical (unpaired) electrons. The topological polar surface area (TPSA) is 72.2 Å². The molecule has 1 aromatic rings. The van der Waals surface area contributed by atoms with Gasteiger partial charge in [-0.25, -0.2) is 17.5 Å². The highest BCUT2D eigenvalue weighted by Gasteiger charge is 2.29. The van der Waals surface area contributed by atoms with E-state index in [1.807, 2.05) is 0 Å². The molecule has 0 aliphatic heterocycles. The Kier molecular flexibility index (Phi) is 2.81. The van der Waals surface area contributed by atoms with Gasteiger partial charge in [-0.05, 0) is 25.0 Å². The van der Waals surface area contributed by atoms with Crippen LogP contribution in [0.5, 0.6) is 0 Å². The molecule has 16 heavy (non-hydrogen) atoms. The van der Waals surface area contributed by atoms with Crippen molar-refractivity contribution in [1.29, 1.82) is 0 Å². The van der Waals surface area contributed by atoms with Crippen molar-refractivity contribution < 1.29 is 12.8 Å². The van der Waals surface area contributed by atoms with Crippen LogP contribution in [0.3, 0.4) is 0 Å². The van der Waals surface area contributed by atoms with Gasteiger partial charge in [-0.15, -0.1) is 0 Å². The molecule has 3 N–H and O–H groups in total. The van der Waals surface area contributed by atoms with Crippen LogP contribution in [0.2, 0.25) is 5.02 Å². The number of hydrogen-bond acceptors (Lipinski definition) is 3. The normalized spacial score (nSPS) is 16.4. The average molecular weight is 265 g/mol. The SMILES string of the molecule is Nc1cc(S(=O)(=O)NC2CC2)c(Cl)cc1F. The fourth-order valence-corrected chi connectivity index (χ4v) is 3.09. The molecular formula is C9H10ClFN2O2S. The van der Waals surface area contributed by atoms with Gasteiger partial charge in [0.25, 0.3) is 0 Å². The van der Waals surface area contributed by atoms with Crippen LogP contribution in [-0.2, 0) is 10.0 Å². The first-order valence-electron chi connectivity index (χ1n) is 4.67. The second kappa shape index (κ2) is 3.87. The Hall–Kier alpha value is -0.850. The van der Waals surface area contributed by atoms with Gasteiger partial charge in [-0.3, -0.25) is 0 Å². The van der Waals surface area contributed by atoms with Gasteiger partial charge in [0.1, 0.15) is 10.7 Å². The van der Waals surface area contributed by atoms with Gasteiger partial charge in [0.15, 0.2) is 0 Å². The lowest BCUT2D eigenvalue weighted by atomic mass is 10.3. The molecule has 0 unspecified atom stereocenters. The predicted octanol–water partition coefficient (Wildman–Crippen LogP) is 1.50. The van der Waals surface area contributed by atoms with Gasteiger partial charge in [0, 0.05) is 6.04 Å². The van der Waals surface area contributed by atoms with E-state index in [1.54, 1.807) is 0 Å². The Labute approximate surface area is 97.6 Å². The minimum absolute atomic E-state index is 0.0349. The first-order valence-corrected chi connectivity index (χ1v) is 6.53. The molecule has 0 bridgehead atoms. The van der Waals surface area contributed by atoms with Gasteiger partial charge in [0.05, 0.1) is 10.7 Å². The van der Waals surface area contributed by atoms with E-state index in [0.717, 1.165) is 25.0 Å². The second-order valence-electron chi connectivity index (χ2n) is 3.70. The maximum absolute atomic E-state index is 13.0. The number of nitrogens with two attached hydrogens (primary N) is 1. The van der Waals surface area contributed by atoms with Gasteiger partial charge in [-0.1, -0.05) is 11.6 Å². The summed E-state index contributed by atoms with van der Waals surface area (Å²) in [6, 6.07) is 1.90. The van der Waals surface area contributed by atoms with E-state index in [2.05, 4.69) is 4.72 Å². The fraction of sp³-hybridized carbons (Fsp3) is 0.333. The lowest BCUT2D eigenvalue weighted by Crippen LogP contribution is -2.26.